The summed E-state index contributed by atoms with van der Waals surface area (Å²) >= 11 is 5.94. The van der Waals surface area contributed by atoms with Crippen LogP contribution >= 0.6 is 11.6 Å². The zero-order valence-corrected chi connectivity index (χ0v) is 15.0. The highest BCUT2D eigenvalue weighted by Gasteiger charge is 2.15. The third-order valence-electron chi connectivity index (χ3n) is 3.70. The highest BCUT2D eigenvalue weighted by molar-refractivity contribution is 6.30. The Morgan fingerprint density at radius 1 is 1.25 bits per heavy atom. The Hall–Kier alpha value is -2.11. The monoisotopic (exact) mass is 346 g/mol. The molecule has 0 aliphatic heterocycles. The number of hydrogen-bond donors (Lipinski definition) is 2. The average Bonchev–Trinajstić information content (AvgIpc) is 2.54. The van der Waals surface area contributed by atoms with Crippen LogP contribution in [0.4, 0.5) is 4.79 Å². The fraction of sp³-hybridized carbons (Fsp3) is 0.333. The van der Waals surface area contributed by atoms with Crippen molar-refractivity contribution < 1.29 is 4.79 Å². The summed E-state index contributed by atoms with van der Waals surface area (Å²) in [5, 5.41) is 6.61. The van der Waals surface area contributed by atoms with Crippen LogP contribution in [-0.4, -0.2) is 36.6 Å². The fourth-order valence-electron chi connectivity index (χ4n) is 2.38. The maximum Gasteiger partial charge on any atom is 0.315 e. The van der Waals surface area contributed by atoms with Crippen molar-refractivity contribution >= 4 is 17.6 Å². The smallest absolute Gasteiger partial charge is 0.315 e. The molecule has 0 bridgehead atoms. The molecule has 1 heterocycles. The first kappa shape index (κ1) is 18.2. The minimum absolute atomic E-state index is 0.115. The van der Waals surface area contributed by atoms with Gasteiger partial charge in [0.25, 0.3) is 0 Å². The van der Waals surface area contributed by atoms with Gasteiger partial charge >= 0.3 is 6.03 Å². The van der Waals surface area contributed by atoms with Gasteiger partial charge in [-0.05, 0) is 55.9 Å². The molecular weight excluding hydrogens is 324 g/mol. The van der Waals surface area contributed by atoms with Crippen LogP contribution in [0.2, 0.25) is 5.02 Å². The number of aryl methyl sites for hydroxylation is 1. The molecule has 0 aliphatic carbocycles. The normalized spacial score (nSPS) is 12.0. The first-order chi connectivity index (χ1) is 11.5. The number of nitrogens with one attached hydrogen (secondary N) is 2. The molecule has 2 amide bonds. The largest absolute Gasteiger partial charge is 0.334 e. The summed E-state index contributed by atoms with van der Waals surface area (Å²) in [6.45, 7) is 3.14. The average molecular weight is 347 g/mol. The lowest BCUT2D eigenvalue weighted by atomic mass is 10.1. The fourth-order valence-corrected chi connectivity index (χ4v) is 2.51. The van der Waals surface area contributed by atoms with E-state index >= 15 is 0 Å². The molecule has 1 atom stereocenters. The molecule has 5 nitrogen and oxygen atoms in total. The lowest BCUT2D eigenvalue weighted by Crippen LogP contribution is -2.41. The highest BCUT2D eigenvalue weighted by atomic mass is 35.5. The quantitative estimate of drug-likeness (QED) is 0.844. The third kappa shape index (κ3) is 5.51. The van der Waals surface area contributed by atoms with Gasteiger partial charge in [-0.3, -0.25) is 4.98 Å². The van der Waals surface area contributed by atoms with Crippen LogP contribution in [-0.2, 0) is 6.54 Å². The van der Waals surface area contributed by atoms with E-state index in [1.165, 1.54) is 0 Å². The molecule has 2 N–H and O–H groups in total. The summed E-state index contributed by atoms with van der Waals surface area (Å²) in [7, 11) is 3.95. The Labute approximate surface area is 148 Å². The minimum atomic E-state index is -0.201. The molecule has 6 heteroatoms. The Kier molecular flexibility index (Phi) is 6.58. The van der Waals surface area contributed by atoms with E-state index in [9.17, 15) is 4.79 Å². The van der Waals surface area contributed by atoms with Crippen LogP contribution in [0.5, 0.6) is 0 Å². The number of hydrogen-bond acceptors (Lipinski definition) is 3. The van der Waals surface area contributed by atoms with E-state index < -0.39 is 0 Å². The first-order valence-corrected chi connectivity index (χ1v) is 8.17. The van der Waals surface area contributed by atoms with E-state index in [1.807, 2.05) is 56.3 Å². The predicted molar refractivity (Wildman–Crippen MR) is 97.1 cm³/mol. The summed E-state index contributed by atoms with van der Waals surface area (Å²) in [6, 6.07) is 9.13. The van der Waals surface area contributed by atoms with Gasteiger partial charge in [0.1, 0.15) is 0 Å². The second kappa shape index (κ2) is 8.66. The molecule has 0 fully saturated rings. The molecule has 1 aromatic carbocycles. The SMILES string of the molecule is Cc1cnccc1CNC(=O)N[C@H](CN(C)C)c1ccc(Cl)cc1. The Balaban J connectivity index is 1.99. The van der Waals surface area contributed by atoms with Crippen LogP contribution in [0.25, 0.3) is 0 Å². The summed E-state index contributed by atoms with van der Waals surface area (Å²) in [5.41, 5.74) is 3.12. The number of carbonyl (C=O) groups excluding carboxylic acids is 1. The van der Waals surface area contributed by atoms with Crippen LogP contribution in [0.15, 0.2) is 42.7 Å². The third-order valence-corrected chi connectivity index (χ3v) is 3.95. The van der Waals surface area contributed by atoms with Crippen molar-refractivity contribution in [1.29, 1.82) is 0 Å². The van der Waals surface area contributed by atoms with E-state index in [0.717, 1.165) is 16.7 Å². The minimum Gasteiger partial charge on any atom is -0.334 e. The van der Waals surface area contributed by atoms with Crippen molar-refractivity contribution in [3.05, 3.63) is 64.4 Å². The van der Waals surface area contributed by atoms with E-state index in [0.29, 0.717) is 18.1 Å². The Morgan fingerprint density at radius 2 is 1.96 bits per heavy atom. The number of carbonyl (C=O) groups is 1. The standard InChI is InChI=1S/C18H23ClN4O/c1-13-10-20-9-8-15(13)11-21-18(24)22-17(12-23(2)3)14-4-6-16(19)7-5-14/h4-10,17H,11-12H2,1-3H3,(H2,21,22,24)/t17-/m1/s1. The van der Waals surface area contributed by atoms with Crippen molar-refractivity contribution in [2.24, 2.45) is 0 Å². The molecule has 24 heavy (non-hydrogen) atoms. The molecule has 2 aromatic rings. The van der Waals surface area contributed by atoms with E-state index in [4.69, 9.17) is 11.6 Å². The maximum atomic E-state index is 12.3. The lowest BCUT2D eigenvalue weighted by molar-refractivity contribution is 0.232. The summed E-state index contributed by atoms with van der Waals surface area (Å²) in [6.07, 6.45) is 3.52. The van der Waals surface area contributed by atoms with Crippen molar-refractivity contribution in [2.45, 2.75) is 19.5 Å². The molecule has 2 rings (SSSR count). The summed E-state index contributed by atoms with van der Waals surface area (Å²) in [5.74, 6) is 0. The molecule has 0 aliphatic rings. The zero-order chi connectivity index (χ0) is 17.5. The van der Waals surface area contributed by atoms with Gasteiger partial charge in [0.05, 0.1) is 6.04 Å². The van der Waals surface area contributed by atoms with Crippen LogP contribution in [0, 0.1) is 6.92 Å². The zero-order valence-electron chi connectivity index (χ0n) is 14.2. The molecule has 0 spiro atoms. The van der Waals surface area contributed by atoms with Gasteiger partial charge in [-0.15, -0.1) is 0 Å². The molecule has 0 unspecified atom stereocenters. The molecule has 0 radical (unpaired) electrons. The van der Waals surface area contributed by atoms with Crippen molar-refractivity contribution in [1.82, 2.24) is 20.5 Å². The van der Waals surface area contributed by atoms with Gasteiger partial charge in [0.15, 0.2) is 0 Å². The molecule has 128 valence electrons. The van der Waals surface area contributed by atoms with Crippen molar-refractivity contribution in [2.75, 3.05) is 20.6 Å². The molecule has 0 saturated heterocycles. The number of halogens is 1. The number of nitrogens with zero attached hydrogens (tertiary/aromatic N) is 2. The number of aromatic nitrogens is 1. The van der Waals surface area contributed by atoms with Gasteiger partial charge in [0.2, 0.25) is 0 Å². The van der Waals surface area contributed by atoms with Crippen LogP contribution in [0.3, 0.4) is 0 Å². The van der Waals surface area contributed by atoms with E-state index in [2.05, 4.69) is 15.6 Å². The number of likely N-dealkylation sites (N-methyl/N-ethyl adjacent to an activating group) is 1. The van der Waals surface area contributed by atoms with Crippen molar-refractivity contribution in [3.63, 3.8) is 0 Å². The summed E-state index contributed by atoms with van der Waals surface area (Å²) < 4.78 is 0. The van der Waals surface area contributed by atoms with Crippen LogP contribution in [0.1, 0.15) is 22.7 Å². The van der Waals surface area contributed by atoms with Gasteiger partial charge in [-0.1, -0.05) is 23.7 Å². The van der Waals surface area contributed by atoms with Gasteiger partial charge in [-0.2, -0.15) is 0 Å². The van der Waals surface area contributed by atoms with E-state index in [-0.39, 0.29) is 12.1 Å². The molecule has 1 aromatic heterocycles. The topological polar surface area (TPSA) is 57.3 Å². The maximum absolute atomic E-state index is 12.3. The Bertz CT molecular complexity index is 673. The van der Waals surface area contributed by atoms with Crippen molar-refractivity contribution in [3.8, 4) is 0 Å². The van der Waals surface area contributed by atoms with Gasteiger partial charge in [-0.25, -0.2) is 4.79 Å². The number of amides is 2. The molecular formula is C18H23ClN4O. The first-order valence-electron chi connectivity index (χ1n) is 7.79. The highest BCUT2D eigenvalue weighted by Crippen LogP contribution is 2.17. The number of urea groups is 1. The lowest BCUT2D eigenvalue weighted by Gasteiger charge is -2.23. The second-order valence-corrected chi connectivity index (χ2v) is 6.43. The van der Waals surface area contributed by atoms with Crippen LogP contribution < -0.4 is 10.6 Å². The Morgan fingerprint density at radius 3 is 2.58 bits per heavy atom. The van der Waals surface area contributed by atoms with E-state index in [1.54, 1.807) is 12.4 Å². The number of pyridine rings is 1. The second-order valence-electron chi connectivity index (χ2n) is 6.00. The van der Waals surface area contributed by atoms with Gasteiger partial charge < -0.3 is 15.5 Å². The number of rotatable bonds is 6. The number of benzene rings is 1. The summed E-state index contributed by atoms with van der Waals surface area (Å²) in [4.78, 5) is 18.4. The van der Waals surface area contributed by atoms with Gasteiger partial charge in [0, 0.05) is 30.5 Å². The predicted octanol–water partition coefficient (Wildman–Crippen LogP) is 3.15. The molecule has 0 saturated carbocycles.